The third-order valence-electron chi connectivity index (χ3n) is 6.70. The van der Waals surface area contributed by atoms with Gasteiger partial charge in [0.2, 0.25) is 11.2 Å². The Bertz CT molecular complexity index is 1250. The number of benzene rings is 1. The first-order valence-electron chi connectivity index (χ1n) is 10.7. The van der Waals surface area contributed by atoms with E-state index in [1.54, 1.807) is 4.57 Å². The maximum absolute atomic E-state index is 16.0. The van der Waals surface area contributed by atoms with Gasteiger partial charge in [-0.25, -0.2) is 4.39 Å². The third-order valence-corrected chi connectivity index (χ3v) is 6.99. The van der Waals surface area contributed by atoms with Crippen LogP contribution < -0.4 is 16.1 Å². The number of nitrogens with two attached hydrogens (primary N) is 1. The molecule has 2 aliphatic carbocycles. The summed E-state index contributed by atoms with van der Waals surface area (Å²) in [5.74, 6) is -1.37. The lowest BCUT2D eigenvalue weighted by Gasteiger charge is -2.25. The van der Waals surface area contributed by atoms with Crippen LogP contribution >= 0.6 is 11.6 Å². The van der Waals surface area contributed by atoms with Gasteiger partial charge < -0.3 is 15.2 Å². The topological polar surface area (TPSA) is 111 Å². The number of nitro groups is 1. The second kappa shape index (κ2) is 7.67. The Morgan fingerprint density at radius 2 is 2.09 bits per heavy atom. The molecule has 2 fully saturated rings. The molecule has 0 spiro atoms. The summed E-state index contributed by atoms with van der Waals surface area (Å²) in [4.78, 5) is 37.2. The number of hydrogen-bond donors (Lipinski definition) is 1. The van der Waals surface area contributed by atoms with Crippen LogP contribution in [0.15, 0.2) is 28.7 Å². The Balaban J connectivity index is 1.67. The SMILES string of the molecule is N[C@H]1CCC=C2CN(c3c(Cl)cc4c(=O)c(C(=O)C[N+](=O)[O-])cn(C5CC5)c4c3F)C[C@H]21. The first-order chi connectivity index (χ1) is 15.3. The van der Waals surface area contributed by atoms with Crippen LogP contribution in [-0.4, -0.2) is 40.9 Å². The zero-order valence-electron chi connectivity index (χ0n) is 17.2. The zero-order valence-corrected chi connectivity index (χ0v) is 18.0. The number of pyridine rings is 1. The van der Waals surface area contributed by atoms with E-state index in [-0.39, 0.29) is 45.2 Å². The van der Waals surface area contributed by atoms with Crippen LogP contribution in [0.25, 0.3) is 10.9 Å². The average Bonchev–Trinajstić information content (AvgIpc) is 3.47. The summed E-state index contributed by atoms with van der Waals surface area (Å²) in [6.07, 6.45) is 6.76. The molecule has 2 aromatic rings. The molecule has 1 aromatic carbocycles. The van der Waals surface area contributed by atoms with Crippen molar-refractivity contribution in [3.63, 3.8) is 0 Å². The molecule has 2 N–H and O–H groups in total. The Labute approximate surface area is 187 Å². The minimum Gasteiger partial charge on any atom is -0.363 e. The van der Waals surface area contributed by atoms with Gasteiger partial charge in [0.25, 0.3) is 6.54 Å². The van der Waals surface area contributed by atoms with Crippen molar-refractivity contribution in [2.75, 3.05) is 24.5 Å². The Morgan fingerprint density at radius 1 is 1.34 bits per heavy atom. The molecule has 2 heterocycles. The second-order valence-electron chi connectivity index (χ2n) is 8.85. The maximum Gasteiger partial charge on any atom is 0.266 e. The molecular formula is C22H22ClFN4O4. The number of aromatic nitrogens is 1. The molecule has 8 nitrogen and oxygen atoms in total. The molecule has 10 heteroatoms. The fraction of sp³-hybridized carbons (Fsp3) is 0.455. The highest BCUT2D eigenvalue weighted by Crippen LogP contribution is 2.43. The van der Waals surface area contributed by atoms with Gasteiger partial charge in [-0.3, -0.25) is 19.7 Å². The number of nitrogens with zero attached hydrogens (tertiary/aromatic N) is 3. The van der Waals surface area contributed by atoms with Gasteiger partial charge in [0.15, 0.2) is 5.82 Å². The summed E-state index contributed by atoms with van der Waals surface area (Å²) in [5, 5.41) is 10.8. The molecule has 168 valence electrons. The Morgan fingerprint density at radius 3 is 2.75 bits per heavy atom. The first kappa shape index (κ1) is 21.1. The lowest BCUT2D eigenvalue weighted by atomic mass is 9.86. The molecular weight excluding hydrogens is 439 g/mol. The van der Waals surface area contributed by atoms with Crippen LogP contribution in [0.2, 0.25) is 5.02 Å². The zero-order chi connectivity index (χ0) is 22.7. The standard InChI is InChI=1S/C22H22ClFN4O4/c23-16-6-13-20(19(24)21(16)26-7-11-2-1-3-17(25)14(11)8-26)27(12-4-5-12)9-15(22(13)30)18(29)10-28(31)32/h2,6,9,12,14,17H,1,3-5,7-8,10,25H2/t14-,17+/m1/s1. The van der Waals surface area contributed by atoms with Gasteiger partial charge >= 0.3 is 0 Å². The van der Waals surface area contributed by atoms with Crippen LogP contribution in [0.1, 0.15) is 42.1 Å². The van der Waals surface area contributed by atoms with Gasteiger partial charge in [-0.15, -0.1) is 0 Å². The summed E-state index contributed by atoms with van der Waals surface area (Å²) >= 11 is 6.48. The summed E-state index contributed by atoms with van der Waals surface area (Å²) in [5.41, 5.74) is 6.71. The molecule has 32 heavy (non-hydrogen) atoms. The minimum atomic E-state index is -0.996. The van der Waals surface area contributed by atoms with Gasteiger partial charge in [-0.2, -0.15) is 0 Å². The summed E-state index contributed by atoms with van der Waals surface area (Å²) in [6, 6.07) is 1.33. The van der Waals surface area contributed by atoms with Crippen molar-refractivity contribution < 1.29 is 14.1 Å². The Hall–Kier alpha value is -2.78. The van der Waals surface area contributed by atoms with Gasteiger partial charge in [0, 0.05) is 42.2 Å². The van der Waals surface area contributed by atoms with E-state index in [4.69, 9.17) is 17.3 Å². The van der Waals surface area contributed by atoms with Crippen molar-refractivity contribution in [3.05, 3.63) is 60.7 Å². The predicted molar refractivity (Wildman–Crippen MR) is 119 cm³/mol. The predicted octanol–water partition coefficient (Wildman–Crippen LogP) is 3.07. The quantitative estimate of drug-likeness (QED) is 0.317. The van der Waals surface area contributed by atoms with E-state index < -0.39 is 28.5 Å². The monoisotopic (exact) mass is 460 g/mol. The molecule has 1 saturated heterocycles. The van der Waals surface area contributed by atoms with Gasteiger partial charge in [0.1, 0.15) is 0 Å². The second-order valence-corrected chi connectivity index (χ2v) is 9.26. The third kappa shape index (κ3) is 3.40. The fourth-order valence-corrected chi connectivity index (χ4v) is 5.29. The van der Waals surface area contributed by atoms with Crippen LogP contribution in [0.3, 0.4) is 0 Å². The van der Waals surface area contributed by atoms with Crippen LogP contribution in [0.5, 0.6) is 0 Å². The van der Waals surface area contributed by atoms with Crippen LogP contribution in [0.4, 0.5) is 10.1 Å². The number of carbonyl (C=O) groups excluding carboxylic acids is 1. The van der Waals surface area contributed by atoms with Crippen molar-refractivity contribution in [1.29, 1.82) is 0 Å². The van der Waals surface area contributed by atoms with Gasteiger partial charge in [-0.1, -0.05) is 17.7 Å². The molecule has 1 saturated carbocycles. The number of anilines is 1. The van der Waals surface area contributed by atoms with E-state index in [1.807, 2.05) is 4.90 Å². The number of halogens is 2. The molecule has 0 unspecified atom stereocenters. The lowest BCUT2D eigenvalue weighted by molar-refractivity contribution is -0.465. The molecule has 3 aliphatic rings. The molecule has 1 aliphatic heterocycles. The van der Waals surface area contributed by atoms with Crippen molar-refractivity contribution in [2.45, 2.75) is 37.8 Å². The van der Waals surface area contributed by atoms with Gasteiger partial charge in [-0.05, 0) is 37.3 Å². The number of hydrogen-bond acceptors (Lipinski definition) is 6. The van der Waals surface area contributed by atoms with E-state index in [0.29, 0.717) is 13.1 Å². The summed E-state index contributed by atoms with van der Waals surface area (Å²) in [7, 11) is 0. The number of Topliss-reactive ketones (excluding diaryl/α,β-unsaturated/α-hetero) is 1. The first-order valence-corrected chi connectivity index (χ1v) is 11.1. The van der Waals surface area contributed by atoms with Gasteiger partial charge in [0.05, 0.1) is 27.2 Å². The van der Waals surface area contributed by atoms with E-state index >= 15 is 4.39 Å². The van der Waals surface area contributed by atoms with Crippen molar-refractivity contribution in [2.24, 2.45) is 11.7 Å². The lowest BCUT2D eigenvalue weighted by Crippen LogP contribution is -2.34. The number of rotatable bonds is 5. The van der Waals surface area contributed by atoms with Crippen LogP contribution in [-0.2, 0) is 0 Å². The highest BCUT2D eigenvalue weighted by Gasteiger charge is 2.37. The van der Waals surface area contributed by atoms with Crippen molar-refractivity contribution in [1.82, 2.24) is 4.57 Å². The van der Waals surface area contributed by atoms with E-state index in [2.05, 4.69) is 6.08 Å². The largest absolute Gasteiger partial charge is 0.363 e. The highest BCUT2D eigenvalue weighted by molar-refractivity contribution is 6.34. The summed E-state index contributed by atoms with van der Waals surface area (Å²) < 4.78 is 17.6. The van der Waals surface area contributed by atoms with Crippen molar-refractivity contribution >= 4 is 34.0 Å². The van der Waals surface area contributed by atoms with Crippen molar-refractivity contribution in [3.8, 4) is 0 Å². The number of fused-ring (bicyclic) bond motifs is 2. The minimum absolute atomic E-state index is 0.0158. The molecule has 1 aromatic heterocycles. The molecule has 2 atom stereocenters. The normalized spacial score (nSPS) is 22.7. The van der Waals surface area contributed by atoms with E-state index in [9.17, 15) is 19.7 Å². The number of carbonyl (C=O) groups is 1. The molecule has 0 bridgehead atoms. The molecule has 0 amide bonds. The fourth-order valence-electron chi connectivity index (χ4n) is 4.98. The van der Waals surface area contributed by atoms with E-state index in [0.717, 1.165) is 25.7 Å². The number of allylic oxidation sites excluding steroid dienone is 1. The number of ketones is 1. The average molecular weight is 461 g/mol. The smallest absolute Gasteiger partial charge is 0.266 e. The van der Waals surface area contributed by atoms with E-state index in [1.165, 1.54) is 17.8 Å². The van der Waals surface area contributed by atoms with Crippen LogP contribution in [0, 0.1) is 21.8 Å². The maximum atomic E-state index is 16.0. The highest BCUT2D eigenvalue weighted by atomic mass is 35.5. The molecule has 5 rings (SSSR count). The molecule has 0 radical (unpaired) electrons. The Kier molecular flexibility index (Phi) is 5.05. The summed E-state index contributed by atoms with van der Waals surface area (Å²) in [6.45, 7) is 0.0695.